The van der Waals surface area contributed by atoms with Gasteiger partial charge in [0.15, 0.2) is 0 Å². The largest absolute Gasteiger partial charge is 0.351 e. The topological polar surface area (TPSA) is 64.7 Å². The van der Waals surface area contributed by atoms with Crippen molar-refractivity contribution in [1.82, 2.24) is 15.1 Å². The Morgan fingerprint density at radius 1 is 0.964 bits per heavy atom. The summed E-state index contributed by atoms with van der Waals surface area (Å²) >= 11 is 0. The summed E-state index contributed by atoms with van der Waals surface area (Å²) in [5.74, 6) is -1.03. The molecule has 7 heteroatoms. The highest BCUT2D eigenvalue weighted by Gasteiger charge is 2.16. The maximum absolute atomic E-state index is 13.0. The van der Waals surface area contributed by atoms with Crippen molar-refractivity contribution in [2.24, 2.45) is 0 Å². The Bertz CT molecular complexity index is 817. The van der Waals surface area contributed by atoms with Gasteiger partial charge in [0.05, 0.1) is 11.3 Å². The van der Waals surface area contributed by atoms with Crippen LogP contribution in [0.5, 0.6) is 0 Å². The second-order valence-electron chi connectivity index (χ2n) is 6.91. The van der Waals surface area contributed by atoms with E-state index < -0.39 is 11.7 Å². The van der Waals surface area contributed by atoms with Gasteiger partial charge in [-0.25, -0.2) is 4.39 Å². The molecular weight excluding hydrogens is 359 g/mol. The van der Waals surface area contributed by atoms with Gasteiger partial charge < -0.3 is 15.5 Å². The molecule has 28 heavy (non-hydrogen) atoms. The highest BCUT2D eigenvalue weighted by molar-refractivity contribution is 6.08. The summed E-state index contributed by atoms with van der Waals surface area (Å²) in [4.78, 5) is 29.6. The Morgan fingerprint density at radius 3 is 2.36 bits per heavy atom. The van der Waals surface area contributed by atoms with Gasteiger partial charge in [0, 0.05) is 44.8 Å². The van der Waals surface area contributed by atoms with Crippen molar-refractivity contribution in [2.75, 3.05) is 51.6 Å². The number of nitrogens with one attached hydrogen (secondary N) is 2. The van der Waals surface area contributed by atoms with Crippen LogP contribution in [0.25, 0.3) is 0 Å². The van der Waals surface area contributed by atoms with Gasteiger partial charge >= 0.3 is 0 Å². The number of benzene rings is 2. The number of amides is 2. The summed E-state index contributed by atoms with van der Waals surface area (Å²) in [6.45, 7) is 5.40. The monoisotopic (exact) mass is 384 g/mol. The second-order valence-corrected chi connectivity index (χ2v) is 6.91. The minimum Gasteiger partial charge on any atom is -0.351 e. The first-order valence-corrected chi connectivity index (χ1v) is 9.38. The number of anilines is 1. The van der Waals surface area contributed by atoms with Crippen molar-refractivity contribution in [2.45, 2.75) is 0 Å². The average Bonchev–Trinajstić information content (AvgIpc) is 2.70. The molecule has 2 aromatic rings. The van der Waals surface area contributed by atoms with Gasteiger partial charge in [0.25, 0.3) is 11.8 Å². The molecule has 0 unspecified atom stereocenters. The molecule has 2 aromatic carbocycles. The predicted molar refractivity (Wildman–Crippen MR) is 107 cm³/mol. The summed E-state index contributed by atoms with van der Waals surface area (Å²) in [5.41, 5.74) is 1.15. The summed E-state index contributed by atoms with van der Waals surface area (Å²) in [6, 6.07) is 12.1. The maximum atomic E-state index is 13.0. The molecule has 0 aromatic heterocycles. The molecule has 2 amide bonds. The smallest absolute Gasteiger partial charge is 0.255 e. The molecular formula is C21H25FN4O2. The van der Waals surface area contributed by atoms with Gasteiger partial charge in [-0.05, 0) is 43.4 Å². The minimum absolute atomic E-state index is 0.232. The molecule has 1 fully saturated rings. The van der Waals surface area contributed by atoms with Crippen LogP contribution < -0.4 is 10.6 Å². The Balaban J connectivity index is 1.57. The Hall–Kier alpha value is -2.77. The first-order chi connectivity index (χ1) is 13.5. The number of hydrogen-bond acceptors (Lipinski definition) is 4. The third-order valence-electron chi connectivity index (χ3n) is 4.84. The predicted octanol–water partition coefficient (Wildman–Crippen LogP) is 2.06. The maximum Gasteiger partial charge on any atom is 0.255 e. The fraction of sp³-hybridized carbons (Fsp3) is 0.333. The van der Waals surface area contributed by atoms with Crippen LogP contribution in [-0.2, 0) is 0 Å². The van der Waals surface area contributed by atoms with Crippen LogP contribution in [0.15, 0.2) is 48.5 Å². The molecule has 0 bridgehead atoms. The molecule has 0 spiro atoms. The molecule has 2 N–H and O–H groups in total. The summed E-state index contributed by atoms with van der Waals surface area (Å²) in [7, 11) is 2.11. The lowest BCUT2D eigenvalue weighted by molar-refractivity contribution is 0.0942. The molecule has 0 atom stereocenters. The van der Waals surface area contributed by atoms with E-state index in [1.165, 1.54) is 24.3 Å². The molecule has 3 rings (SSSR count). The first kappa shape index (κ1) is 20.0. The standard InChI is InChI=1S/C21H25FN4O2/c1-25-12-14-26(15-13-25)11-10-23-21(28)18-4-2-3-5-19(18)24-20(27)16-6-8-17(22)9-7-16/h2-9H,10-15H2,1H3,(H,23,28)(H,24,27). The van der Waals surface area contributed by atoms with E-state index in [1.54, 1.807) is 24.3 Å². The minimum atomic E-state index is -0.406. The van der Waals surface area contributed by atoms with Crippen LogP contribution in [0.1, 0.15) is 20.7 Å². The lowest BCUT2D eigenvalue weighted by atomic mass is 10.1. The van der Waals surface area contributed by atoms with E-state index in [4.69, 9.17) is 0 Å². The van der Waals surface area contributed by atoms with Crippen LogP contribution in [0.2, 0.25) is 0 Å². The normalized spacial score (nSPS) is 15.2. The number of rotatable bonds is 6. The number of halogens is 1. The molecule has 0 radical (unpaired) electrons. The summed E-state index contributed by atoms with van der Waals surface area (Å²) in [6.07, 6.45) is 0. The summed E-state index contributed by atoms with van der Waals surface area (Å²) in [5, 5.41) is 5.66. The van der Waals surface area contributed by atoms with E-state index in [1.807, 2.05) is 0 Å². The van der Waals surface area contributed by atoms with E-state index >= 15 is 0 Å². The molecule has 0 aliphatic carbocycles. The zero-order valence-electron chi connectivity index (χ0n) is 16.0. The van der Waals surface area contributed by atoms with Crippen molar-refractivity contribution < 1.29 is 14.0 Å². The van der Waals surface area contributed by atoms with Crippen LogP contribution in [0.3, 0.4) is 0 Å². The van der Waals surface area contributed by atoms with Crippen molar-refractivity contribution in [3.63, 3.8) is 0 Å². The molecule has 6 nitrogen and oxygen atoms in total. The lowest BCUT2D eigenvalue weighted by Gasteiger charge is -2.32. The van der Waals surface area contributed by atoms with Gasteiger partial charge in [-0.1, -0.05) is 12.1 Å². The fourth-order valence-corrected chi connectivity index (χ4v) is 3.08. The highest BCUT2D eigenvalue weighted by Crippen LogP contribution is 2.16. The number of likely N-dealkylation sites (N-methyl/N-ethyl adjacent to an activating group) is 1. The number of carbonyl (C=O) groups is 2. The zero-order chi connectivity index (χ0) is 19.9. The third-order valence-corrected chi connectivity index (χ3v) is 4.84. The van der Waals surface area contributed by atoms with E-state index in [9.17, 15) is 14.0 Å². The van der Waals surface area contributed by atoms with Gasteiger partial charge in [-0.3, -0.25) is 14.5 Å². The van der Waals surface area contributed by atoms with Crippen molar-refractivity contribution in [3.8, 4) is 0 Å². The first-order valence-electron chi connectivity index (χ1n) is 9.38. The van der Waals surface area contributed by atoms with Crippen LogP contribution in [0, 0.1) is 5.82 Å². The molecule has 0 saturated carbocycles. The van der Waals surface area contributed by atoms with Crippen molar-refractivity contribution in [3.05, 3.63) is 65.5 Å². The van der Waals surface area contributed by atoms with E-state index in [0.29, 0.717) is 23.4 Å². The number of piperazine rings is 1. The van der Waals surface area contributed by atoms with E-state index in [-0.39, 0.29) is 5.91 Å². The highest BCUT2D eigenvalue weighted by atomic mass is 19.1. The zero-order valence-corrected chi connectivity index (χ0v) is 16.0. The quantitative estimate of drug-likeness (QED) is 0.800. The van der Waals surface area contributed by atoms with Crippen molar-refractivity contribution in [1.29, 1.82) is 0 Å². The SMILES string of the molecule is CN1CCN(CCNC(=O)c2ccccc2NC(=O)c2ccc(F)cc2)CC1. The van der Waals surface area contributed by atoms with Crippen molar-refractivity contribution >= 4 is 17.5 Å². The number of carbonyl (C=O) groups excluding carboxylic acids is 2. The average molecular weight is 384 g/mol. The van der Waals surface area contributed by atoms with Crippen LogP contribution >= 0.6 is 0 Å². The second kappa shape index (κ2) is 9.43. The van der Waals surface area contributed by atoms with Gasteiger partial charge in [0.1, 0.15) is 5.82 Å². The fourth-order valence-electron chi connectivity index (χ4n) is 3.08. The molecule has 148 valence electrons. The molecule has 1 saturated heterocycles. The van der Waals surface area contributed by atoms with E-state index in [2.05, 4.69) is 27.5 Å². The lowest BCUT2D eigenvalue weighted by Crippen LogP contribution is -2.46. The van der Waals surface area contributed by atoms with Gasteiger partial charge in [-0.15, -0.1) is 0 Å². The Labute approximate surface area is 164 Å². The van der Waals surface area contributed by atoms with Crippen LogP contribution in [0.4, 0.5) is 10.1 Å². The Kier molecular flexibility index (Phi) is 6.73. The summed E-state index contributed by atoms with van der Waals surface area (Å²) < 4.78 is 13.0. The number of para-hydroxylation sites is 1. The number of hydrogen-bond donors (Lipinski definition) is 2. The Morgan fingerprint density at radius 2 is 1.64 bits per heavy atom. The van der Waals surface area contributed by atoms with Crippen LogP contribution in [-0.4, -0.2) is 67.9 Å². The third kappa shape index (κ3) is 5.37. The van der Waals surface area contributed by atoms with E-state index in [0.717, 1.165) is 32.7 Å². The number of nitrogens with zero attached hydrogens (tertiary/aromatic N) is 2. The van der Waals surface area contributed by atoms with Gasteiger partial charge in [0.2, 0.25) is 0 Å². The molecule has 1 heterocycles. The molecule has 1 aliphatic rings. The molecule has 1 aliphatic heterocycles. The van der Waals surface area contributed by atoms with Gasteiger partial charge in [-0.2, -0.15) is 0 Å².